The normalized spacial score (nSPS) is 18.2. The molecule has 0 aromatic carbocycles. The quantitative estimate of drug-likeness (QED) is 0.844. The Morgan fingerprint density at radius 2 is 1.65 bits per heavy atom. The summed E-state index contributed by atoms with van der Waals surface area (Å²) in [5.41, 5.74) is 0. The van der Waals surface area contributed by atoms with Crippen molar-refractivity contribution < 1.29 is 0 Å². The highest BCUT2D eigenvalue weighted by molar-refractivity contribution is 5.41. The van der Waals surface area contributed by atoms with Gasteiger partial charge in [0.05, 0.1) is 12.4 Å². The Morgan fingerprint density at radius 1 is 1.00 bits per heavy atom. The van der Waals surface area contributed by atoms with Gasteiger partial charge in [-0.3, -0.25) is 4.98 Å². The van der Waals surface area contributed by atoms with Crippen LogP contribution in [0.2, 0.25) is 0 Å². The largest absolute Gasteiger partial charge is 0.372 e. The highest BCUT2D eigenvalue weighted by Gasteiger charge is 2.11. The number of aromatic nitrogens is 2. The van der Waals surface area contributed by atoms with E-state index < -0.39 is 0 Å². The van der Waals surface area contributed by atoms with Crippen molar-refractivity contribution in [3.63, 3.8) is 0 Å². The summed E-state index contributed by atoms with van der Waals surface area (Å²) in [7, 11) is 1.86. The summed E-state index contributed by atoms with van der Waals surface area (Å²) in [6.07, 6.45) is 12.9. The van der Waals surface area contributed by atoms with Crippen molar-refractivity contribution in [2.45, 2.75) is 51.0 Å². The topological polar surface area (TPSA) is 49.8 Å². The molecule has 0 unspecified atom stereocenters. The van der Waals surface area contributed by atoms with Crippen LogP contribution in [0.3, 0.4) is 0 Å². The Bertz CT molecular complexity index is 332. The molecule has 1 aromatic heterocycles. The third kappa shape index (κ3) is 3.88. The molecule has 0 aliphatic heterocycles. The molecule has 2 N–H and O–H groups in total. The van der Waals surface area contributed by atoms with Gasteiger partial charge < -0.3 is 10.6 Å². The second-order valence-corrected chi connectivity index (χ2v) is 4.73. The molecule has 0 radical (unpaired) electrons. The predicted molar refractivity (Wildman–Crippen MR) is 71.3 cm³/mol. The molecule has 1 aliphatic rings. The van der Waals surface area contributed by atoms with Crippen molar-refractivity contribution in [2.75, 3.05) is 17.7 Å². The minimum Gasteiger partial charge on any atom is -0.372 e. The van der Waals surface area contributed by atoms with E-state index in [-0.39, 0.29) is 0 Å². The summed E-state index contributed by atoms with van der Waals surface area (Å²) in [6, 6.07) is 0.566. The maximum Gasteiger partial charge on any atom is 0.147 e. The molecular weight excluding hydrogens is 212 g/mol. The van der Waals surface area contributed by atoms with E-state index in [1.807, 2.05) is 7.05 Å². The fourth-order valence-electron chi connectivity index (χ4n) is 2.37. The lowest BCUT2D eigenvalue weighted by Gasteiger charge is -2.21. The Morgan fingerprint density at radius 3 is 2.35 bits per heavy atom. The first kappa shape index (κ1) is 12.1. The predicted octanol–water partition coefficient (Wildman–Crippen LogP) is 3.04. The van der Waals surface area contributed by atoms with E-state index in [4.69, 9.17) is 0 Å². The third-order valence-electron chi connectivity index (χ3n) is 3.35. The summed E-state index contributed by atoms with van der Waals surface area (Å²) in [5, 5.41) is 6.52. The lowest BCUT2D eigenvalue weighted by atomic mass is 9.97. The average molecular weight is 234 g/mol. The highest BCUT2D eigenvalue weighted by atomic mass is 15.1. The second-order valence-electron chi connectivity index (χ2n) is 4.73. The molecule has 0 saturated heterocycles. The maximum absolute atomic E-state index is 4.45. The maximum atomic E-state index is 4.45. The van der Waals surface area contributed by atoms with Crippen LogP contribution in [0, 0.1) is 0 Å². The van der Waals surface area contributed by atoms with Crippen molar-refractivity contribution in [1.82, 2.24) is 9.97 Å². The van der Waals surface area contributed by atoms with Gasteiger partial charge in [-0.15, -0.1) is 0 Å². The van der Waals surface area contributed by atoms with E-state index in [0.29, 0.717) is 6.04 Å². The van der Waals surface area contributed by atoms with E-state index in [1.54, 1.807) is 12.4 Å². The summed E-state index contributed by atoms with van der Waals surface area (Å²) < 4.78 is 0. The zero-order chi connectivity index (χ0) is 11.9. The molecule has 0 amide bonds. The number of nitrogens with one attached hydrogen (secondary N) is 2. The van der Waals surface area contributed by atoms with Crippen LogP contribution in [0.4, 0.5) is 11.6 Å². The van der Waals surface area contributed by atoms with E-state index in [0.717, 1.165) is 11.6 Å². The summed E-state index contributed by atoms with van der Waals surface area (Å²) in [6.45, 7) is 0. The van der Waals surface area contributed by atoms with Gasteiger partial charge in [-0.1, -0.05) is 32.1 Å². The molecule has 1 heterocycles. The lowest BCUT2D eigenvalue weighted by Crippen LogP contribution is -2.21. The third-order valence-corrected chi connectivity index (χ3v) is 3.35. The zero-order valence-electron chi connectivity index (χ0n) is 10.6. The molecule has 0 bridgehead atoms. The molecule has 0 atom stereocenters. The van der Waals surface area contributed by atoms with Crippen LogP contribution in [0.1, 0.15) is 44.9 Å². The molecule has 4 nitrogen and oxygen atoms in total. The molecule has 4 heteroatoms. The van der Waals surface area contributed by atoms with E-state index in [9.17, 15) is 0 Å². The molecule has 1 aliphatic carbocycles. The van der Waals surface area contributed by atoms with Crippen LogP contribution < -0.4 is 10.6 Å². The standard InChI is InChI=1S/C13H22N4/c1-14-12-9-15-10-13(17-12)16-11-7-5-3-2-4-6-8-11/h9-11H,2-8H2,1H3,(H2,14,16,17). The van der Waals surface area contributed by atoms with Crippen LogP contribution in [0.15, 0.2) is 12.4 Å². The van der Waals surface area contributed by atoms with Crippen LogP contribution in [0.5, 0.6) is 0 Å². The van der Waals surface area contributed by atoms with Gasteiger partial charge in [-0.05, 0) is 12.8 Å². The van der Waals surface area contributed by atoms with Crippen LogP contribution >= 0.6 is 0 Å². The van der Waals surface area contributed by atoms with Gasteiger partial charge in [0.1, 0.15) is 11.6 Å². The van der Waals surface area contributed by atoms with Crippen LogP contribution in [-0.4, -0.2) is 23.1 Å². The van der Waals surface area contributed by atoms with Gasteiger partial charge >= 0.3 is 0 Å². The van der Waals surface area contributed by atoms with Crippen molar-refractivity contribution in [2.24, 2.45) is 0 Å². The molecule has 1 aromatic rings. The Balaban J connectivity index is 1.93. The first-order valence-corrected chi connectivity index (χ1v) is 6.65. The van der Waals surface area contributed by atoms with E-state index >= 15 is 0 Å². The second kappa shape index (κ2) is 6.42. The zero-order valence-corrected chi connectivity index (χ0v) is 10.6. The van der Waals surface area contributed by atoms with E-state index in [1.165, 1.54) is 44.9 Å². The Kier molecular flexibility index (Phi) is 4.59. The average Bonchev–Trinajstić information content (AvgIpc) is 2.33. The fourth-order valence-corrected chi connectivity index (χ4v) is 2.37. The summed E-state index contributed by atoms with van der Waals surface area (Å²) in [5.74, 6) is 1.71. The van der Waals surface area contributed by atoms with Gasteiger partial charge in [0.2, 0.25) is 0 Å². The summed E-state index contributed by atoms with van der Waals surface area (Å²) >= 11 is 0. The smallest absolute Gasteiger partial charge is 0.147 e. The van der Waals surface area contributed by atoms with Gasteiger partial charge in [0.15, 0.2) is 0 Å². The van der Waals surface area contributed by atoms with Gasteiger partial charge in [0, 0.05) is 13.1 Å². The molecule has 0 spiro atoms. The molecule has 94 valence electrons. The van der Waals surface area contributed by atoms with Crippen molar-refractivity contribution in [3.8, 4) is 0 Å². The van der Waals surface area contributed by atoms with Crippen LogP contribution in [0.25, 0.3) is 0 Å². The van der Waals surface area contributed by atoms with E-state index in [2.05, 4.69) is 20.6 Å². The summed E-state index contributed by atoms with van der Waals surface area (Å²) in [4.78, 5) is 8.63. The number of nitrogens with zero attached hydrogens (tertiary/aromatic N) is 2. The number of hydrogen-bond donors (Lipinski definition) is 2. The minimum absolute atomic E-state index is 0.566. The molecule has 1 saturated carbocycles. The number of hydrogen-bond acceptors (Lipinski definition) is 4. The number of anilines is 2. The van der Waals surface area contributed by atoms with Crippen molar-refractivity contribution in [1.29, 1.82) is 0 Å². The SMILES string of the molecule is CNc1cncc(NC2CCCCCCC2)n1. The molecule has 1 fully saturated rings. The fraction of sp³-hybridized carbons (Fsp3) is 0.692. The minimum atomic E-state index is 0.566. The first-order chi connectivity index (χ1) is 8.38. The Hall–Kier alpha value is -1.32. The van der Waals surface area contributed by atoms with Crippen LogP contribution in [-0.2, 0) is 0 Å². The first-order valence-electron chi connectivity index (χ1n) is 6.65. The Labute approximate surface area is 103 Å². The highest BCUT2D eigenvalue weighted by Crippen LogP contribution is 2.20. The lowest BCUT2D eigenvalue weighted by molar-refractivity contribution is 0.470. The van der Waals surface area contributed by atoms with Gasteiger partial charge in [-0.25, -0.2) is 4.98 Å². The number of rotatable bonds is 3. The van der Waals surface area contributed by atoms with Gasteiger partial charge in [-0.2, -0.15) is 0 Å². The van der Waals surface area contributed by atoms with Gasteiger partial charge in [0.25, 0.3) is 0 Å². The van der Waals surface area contributed by atoms with Crippen molar-refractivity contribution in [3.05, 3.63) is 12.4 Å². The molecule has 17 heavy (non-hydrogen) atoms. The molecule has 2 rings (SSSR count). The monoisotopic (exact) mass is 234 g/mol. The molecular formula is C13H22N4. The van der Waals surface area contributed by atoms with Crippen molar-refractivity contribution >= 4 is 11.6 Å².